The first-order valence-corrected chi connectivity index (χ1v) is 5.01. The Morgan fingerprint density at radius 2 is 2.21 bits per heavy atom. The fourth-order valence-electron chi connectivity index (χ4n) is 1.75. The highest BCUT2D eigenvalue weighted by Crippen LogP contribution is 2.24. The summed E-state index contributed by atoms with van der Waals surface area (Å²) in [7, 11) is 0. The number of nitrogens with one attached hydrogen (secondary N) is 1. The summed E-state index contributed by atoms with van der Waals surface area (Å²) in [6.07, 6.45) is 8.15. The number of terminal acetylenes is 1. The van der Waals surface area contributed by atoms with E-state index < -0.39 is 5.54 Å². The van der Waals surface area contributed by atoms with E-state index in [1.54, 1.807) is 0 Å². The van der Waals surface area contributed by atoms with Crippen LogP contribution in [0.1, 0.15) is 33.1 Å². The molecule has 1 amide bonds. The van der Waals surface area contributed by atoms with Gasteiger partial charge in [-0.2, -0.15) is 0 Å². The molecule has 0 spiro atoms. The average molecular weight is 194 g/mol. The van der Waals surface area contributed by atoms with Gasteiger partial charge in [0.15, 0.2) is 0 Å². The van der Waals surface area contributed by atoms with E-state index in [1.807, 2.05) is 13.8 Å². The molecule has 1 rings (SSSR count). The van der Waals surface area contributed by atoms with E-state index in [-0.39, 0.29) is 17.9 Å². The van der Waals surface area contributed by atoms with Crippen LogP contribution in [0.25, 0.3) is 0 Å². The Morgan fingerprint density at radius 1 is 1.57 bits per heavy atom. The molecule has 0 aromatic rings. The highest BCUT2D eigenvalue weighted by atomic mass is 16.2. The zero-order chi connectivity index (χ0) is 10.8. The summed E-state index contributed by atoms with van der Waals surface area (Å²) in [5.74, 6) is 2.48. The third-order valence-corrected chi connectivity index (χ3v) is 2.70. The summed E-state index contributed by atoms with van der Waals surface area (Å²) in [6.45, 7) is 3.62. The minimum Gasteiger partial charge on any atom is -0.340 e. The number of hydrogen-bond acceptors (Lipinski definition) is 2. The van der Waals surface area contributed by atoms with Gasteiger partial charge >= 0.3 is 0 Å². The number of rotatable bonds is 2. The van der Waals surface area contributed by atoms with Crippen molar-refractivity contribution in [2.24, 2.45) is 11.7 Å². The van der Waals surface area contributed by atoms with Crippen LogP contribution in [0.4, 0.5) is 0 Å². The maximum atomic E-state index is 11.7. The number of amides is 1. The van der Waals surface area contributed by atoms with Gasteiger partial charge in [0.1, 0.15) is 0 Å². The molecule has 3 N–H and O–H groups in total. The van der Waals surface area contributed by atoms with Gasteiger partial charge in [0, 0.05) is 6.04 Å². The van der Waals surface area contributed by atoms with Crippen LogP contribution in [0.5, 0.6) is 0 Å². The topological polar surface area (TPSA) is 55.1 Å². The highest BCUT2D eigenvalue weighted by Gasteiger charge is 2.32. The second-order valence-electron chi connectivity index (χ2n) is 4.46. The Hall–Kier alpha value is -1.01. The van der Waals surface area contributed by atoms with Crippen molar-refractivity contribution in [3.05, 3.63) is 0 Å². The molecule has 1 aliphatic carbocycles. The van der Waals surface area contributed by atoms with Crippen LogP contribution in [-0.2, 0) is 4.79 Å². The number of nitrogens with two attached hydrogens (primary N) is 1. The standard InChI is InChI=1S/C11H18N2O/c1-4-11(2,3)13-10(14)8-6-5-7-9(8)12/h1,8-9H,5-7,12H2,2-3H3,(H,13,14). The fourth-order valence-corrected chi connectivity index (χ4v) is 1.75. The molecule has 1 aliphatic rings. The van der Waals surface area contributed by atoms with Gasteiger partial charge in [0.25, 0.3) is 0 Å². The maximum Gasteiger partial charge on any atom is 0.225 e. The predicted octanol–water partition coefficient (Wildman–Crippen LogP) is 0.642. The molecule has 78 valence electrons. The van der Waals surface area contributed by atoms with Crippen molar-refractivity contribution in [3.8, 4) is 12.3 Å². The van der Waals surface area contributed by atoms with Gasteiger partial charge in [-0.15, -0.1) is 6.42 Å². The molecule has 1 fully saturated rings. The second kappa shape index (κ2) is 4.02. The Kier molecular flexibility index (Phi) is 3.17. The largest absolute Gasteiger partial charge is 0.340 e. The summed E-state index contributed by atoms with van der Waals surface area (Å²) < 4.78 is 0. The monoisotopic (exact) mass is 194 g/mol. The summed E-state index contributed by atoms with van der Waals surface area (Å²) in [5, 5.41) is 2.82. The SMILES string of the molecule is C#CC(C)(C)NC(=O)C1CCCC1N. The van der Waals surface area contributed by atoms with Crippen LogP contribution in [0.15, 0.2) is 0 Å². The molecule has 0 heterocycles. The van der Waals surface area contributed by atoms with Crippen LogP contribution in [0.3, 0.4) is 0 Å². The summed E-state index contributed by atoms with van der Waals surface area (Å²) in [6, 6.07) is 0.00331. The van der Waals surface area contributed by atoms with Crippen molar-refractivity contribution in [1.82, 2.24) is 5.32 Å². The minimum atomic E-state index is -0.570. The van der Waals surface area contributed by atoms with E-state index in [9.17, 15) is 4.79 Å². The molecule has 0 saturated heterocycles. The van der Waals surface area contributed by atoms with Crippen molar-refractivity contribution in [2.75, 3.05) is 0 Å². The van der Waals surface area contributed by atoms with E-state index in [1.165, 1.54) is 0 Å². The molecule has 0 aliphatic heterocycles. The van der Waals surface area contributed by atoms with Gasteiger partial charge in [-0.3, -0.25) is 4.79 Å². The molecule has 3 heteroatoms. The predicted molar refractivity (Wildman–Crippen MR) is 56.4 cm³/mol. The molecule has 0 aromatic heterocycles. The van der Waals surface area contributed by atoms with Gasteiger partial charge in [-0.25, -0.2) is 0 Å². The second-order valence-corrected chi connectivity index (χ2v) is 4.46. The van der Waals surface area contributed by atoms with E-state index >= 15 is 0 Å². The van der Waals surface area contributed by atoms with Crippen LogP contribution in [-0.4, -0.2) is 17.5 Å². The minimum absolute atomic E-state index is 0.00190. The van der Waals surface area contributed by atoms with Crippen molar-refractivity contribution >= 4 is 5.91 Å². The first-order chi connectivity index (χ1) is 6.46. The molecule has 0 aromatic carbocycles. The third-order valence-electron chi connectivity index (χ3n) is 2.70. The van der Waals surface area contributed by atoms with Gasteiger partial charge in [-0.1, -0.05) is 12.3 Å². The molecule has 2 atom stereocenters. The van der Waals surface area contributed by atoms with Crippen LogP contribution in [0.2, 0.25) is 0 Å². The maximum absolute atomic E-state index is 11.7. The lowest BCUT2D eigenvalue weighted by atomic mass is 10.0. The van der Waals surface area contributed by atoms with E-state index in [4.69, 9.17) is 12.2 Å². The Labute approximate surface area is 85.4 Å². The molecular weight excluding hydrogens is 176 g/mol. The normalized spacial score (nSPS) is 27.0. The molecular formula is C11H18N2O. The molecule has 2 unspecified atom stereocenters. The average Bonchev–Trinajstić information content (AvgIpc) is 2.51. The fraction of sp³-hybridized carbons (Fsp3) is 0.727. The summed E-state index contributed by atoms with van der Waals surface area (Å²) in [5.41, 5.74) is 5.26. The Bertz CT molecular complexity index is 265. The first kappa shape index (κ1) is 11.1. The van der Waals surface area contributed by atoms with Gasteiger partial charge in [0.05, 0.1) is 11.5 Å². The van der Waals surface area contributed by atoms with E-state index in [0.717, 1.165) is 19.3 Å². The van der Waals surface area contributed by atoms with Crippen LogP contribution in [0, 0.1) is 18.3 Å². The van der Waals surface area contributed by atoms with Crippen LogP contribution >= 0.6 is 0 Å². The van der Waals surface area contributed by atoms with Gasteiger partial charge in [-0.05, 0) is 26.7 Å². The molecule has 14 heavy (non-hydrogen) atoms. The molecule has 0 bridgehead atoms. The van der Waals surface area contributed by atoms with E-state index in [2.05, 4.69) is 11.2 Å². The molecule has 0 radical (unpaired) electrons. The first-order valence-electron chi connectivity index (χ1n) is 5.01. The Morgan fingerprint density at radius 3 is 2.64 bits per heavy atom. The zero-order valence-electron chi connectivity index (χ0n) is 8.84. The van der Waals surface area contributed by atoms with E-state index in [0.29, 0.717) is 0 Å². The highest BCUT2D eigenvalue weighted by molar-refractivity contribution is 5.80. The lowest BCUT2D eigenvalue weighted by molar-refractivity contribution is -0.126. The van der Waals surface area contributed by atoms with Crippen LogP contribution < -0.4 is 11.1 Å². The Balaban J connectivity index is 2.55. The zero-order valence-corrected chi connectivity index (χ0v) is 8.84. The smallest absolute Gasteiger partial charge is 0.225 e. The van der Waals surface area contributed by atoms with Crippen molar-refractivity contribution < 1.29 is 4.79 Å². The third kappa shape index (κ3) is 2.49. The van der Waals surface area contributed by atoms with Gasteiger partial charge in [0.2, 0.25) is 5.91 Å². The summed E-state index contributed by atoms with van der Waals surface area (Å²) in [4.78, 5) is 11.7. The molecule has 3 nitrogen and oxygen atoms in total. The summed E-state index contributed by atoms with van der Waals surface area (Å²) >= 11 is 0. The molecule has 1 saturated carbocycles. The number of hydrogen-bond donors (Lipinski definition) is 2. The number of carbonyl (C=O) groups excluding carboxylic acids is 1. The lowest BCUT2D eigenvalue weighted by Crippen LogP contribution is -2.47. The van der Waals surface area contributed by atoms with Gasteiger partial charge < -0.3 is 11.1 Å². The van der Waals surface area contributed by atoms with Crippen molar-refractivity contribution in [2.45, 2.75) is 44.7 Å². The lowest BCUT2D eigenvalue weighted by Gasteiger charge is -2.23. The number of carbonyl (C=O) groups is 1. The quantitative estimate of drug-likeness (QED) is 0.634. The van der Waals surface area contributed by atoms with Crippen molar-refractivity contribution in [3.63, 3.8) is 0 Å². The van der Waals surface area contributed by atoms with Crippen molar-refractivity contribution in [1.29, 1.82) is 0 Å².